The van der Waals surface area contributed by atoms with Gasteiger partial charge in [0.15, 0.2) is 0 Å². The summed E-state index contributed by atoms with van der Waals surface area (Å²) in [6.07, 6.45) is -0.304. The van der Waals surface area contributed by atoms with Crippen LogP contribution in [0.1, 0.15) is 16.7 Å². The average molecular weight is 246 g/mol. The van der Waals surface area contributed by atoms with Crippen molar-refractivity contribution >= 4 is 6.08 Å². The predicted molar refractivity (Wildman–Crippen MR) is 67.5 cm³/mol. The Kier molecular flexibility index (Phi) is 3.72. The van der Waals surface area contributed by atoms with Crippen molar-refractivity contribution in [2.75, 3.05) is 0 Å². The molecule has 0 amide bonds. The second-order valence-electron chi connectivity index (χ2n) is 3.98. The van der Waals surface area contributed by atoms with Crippen LogP contribution in [-0.2, 0) is 6.42 Å². The van der Waals surface area contributed by atoms with E-state index in [1.165, 1.54) is 0 Å². The molecule has 2 aromatic carbocycles. The van der Waals surface area contributed by atoms with E-state index in [-0.39, 0.29) is 5.75 Å². The summed E-state index contributed by atoms with van der Waals surface area (Å²) < 4.78 is 24.1. The van der Waals surface area contributed by atoms with E-state index >= 15 is 0 Å². The summed E-state index contributed by atoms with van der Waals surface area (Å²) >= 11 is 0. The third kappa shape index (κ3) is 3.17. The highest BCUT2D eigenvalue weighted by molar-refractivity contribution is 5.50. The van der Waals surface area contributed by atoms with Crippen molar-refractivity contribution in [3.63, 3.8) is 0 Å². The van der Waals surface area contributed by atoms with Crippen molar-refractivity contribution in [3.8, 4) is 5.75 Å². The number of hydrogen-bond donors (Lipinski definition) is 1. The Hall–Kier alpha value is -2.16. The van der Waals surface area contributed by atoms with Crippen LogP contribution in [0.3, 0.4) is 0 Å². The molecule has 92 valence electrons. The number of hydrogen-bond acceptors (Lipinski definition) is 1. The molecule has 0 aliphatic heterocycles. The van der Waals surface area contributed by atoms with Gasteiger partial charge >= 0.3 is 0 Å². The first-order valence-electron chi connectivity index (χ1n) is 5.53. The third-order valence-electron chi connectivity index (χ3n) is 2.64. The van der Waals surface area contributed by atoms with Gasteiger partial charge in [-0.2, -0.15) is 8.78 Å². The molecular weight excluding hydrogens is 234 g/mol. The molecule has 0 radical (unpaired) electrons. The minimum atomic E-state index is -1.71. The molecule has 0 bridgehead atoms. The highest BCUT2D eigenvalue weighted by atomic mass is 19.3. The Bertz CT molecular complexity index is 555. The normalized spacial score (nSPS) is 10.1. The second kappa shape index (κ2) is 5.45. The quantitative estimate of drug-likeness (QED) is 0.859. The Morgan fingerprint density at radius 3 is 2.28 bits per heavy atom. The summed E-state index contributed by atoms with van der Waals surface area (Å²) in [6.45, 7) is 0. The van der Waals surface area contributed by atoms with Gasteiger partial charge in [-0.1, -0.05) is 42.5 Å². The van der Waals surface area contributed by atoms with Crippen molar-refractivity contribution in [1.29, 1.82) is 0 Å². The Labute approximate surface area is 104 Å². The molecule has 3 heteroatoms. The van der Waals surface area contributed by atoms with Gasteiger partial charge in [0.25, 0.3) is 6.08 Å². The van der Waals surface area contributed by atoms with Crippen LogP contribution >= 0.6 is 0 Å². The van der Waals surface area contributed by atoms with E-state index in [1.54, 1.807) is 36.4 Å². The summed E-state index contributed by atoms with van der Waals surface area (Å²) in [5, 5.41) is 9.64. The molecule has 0 aliphatic carbocycles. The van der Waals surface area contributed by atoms with E-state index < -0.39 is 6.08 Å². The van der Waals surface area contributed by atoms with Crippen LogP contribution in [0.5, 0.6) is 5.75 Å². The van der Waals surface area contributed by atoms with E-state index in [9.17, 15) is 13.9 Å². The minimum Gasteiger partial charge on any atom is -0.508 e. The van der Waals surface area contributed by atoms with Gasteiger partial charge in [-0.3, -0.25) is 0 Å². The Balaban J connectivity index is 2.16. The first-order valence-corrected chi connectivity index (χ1v) is 5.53. The fourth-order valence-corrected chi connectivity index (χ4v) is 1.74. The van der Waals surface area contributed by atoms with E-state index in [4.69, 9.17) is 0 Å². The molecular formula is C15H12F2O. The Morgan fingerprint density at radius 2 is 1.67 bits per heavy atom. The summed E-state index contributed by atoms with van der Waals surface area (Å²) in [5.74, 6) is 0.247. The van der Waals surface area contributed by atoms with Crippen molar-refractivity contribution in [1.82, 2.24) is 0 Å². The SMILES string of the molecule is Oc1ccccc1Cc1ccc(C=C(F)F)cc1. The van der Waals surface area contributed by atoms with Crippen molar-refractivity contribution in [2.24, 2.45) is 0 Å². The Morgan fingerprint density at radius 1 is 1.00 bits per heavy atom. The summed E-state index contributed by atoms with van der Waals surface area (Å²) in [5.41, 5.74) is 2.25. The van der Waals surface area contributed by atoms with Crippen molar-refractivity contribution < 1.29 is 13.9 Å². The van der Waals surface area contributed by atoms with Crippen LogP contribution in [0, 0.1) is 0 Å². The first-order chi connectivity index (χ1) is 8.65. The lowest BCUT2D eigenvalue weighted by molar-refractivity contribution is 0.429. The predicted octanol–water partition coefficient (Wildman–Crippen LogP) is 4.22. The highest BCUT2D eigenvalue weighted by Crippen LogP contribution is 2.20. The lowest BCUT2D eigenvalue weighted by atomic mass is 10.0. The molecule has 2 rings (SSSR count). The van der Waals surface area contributed by atoms with Gasteiger partial charge in [0, 0.05) is 12.5 Å². The third-order valence-corrected chi connectivity index (χ3v) is 2.64. The molecule has 0 unspecified atom stereocenters. The molecule has 2 aromatic rings. The van der Waals surface area contributed by atoms with E-state index in [1.807, 2.05) is 12.1 Å². The highest BCUT2D eigenvalue weighted by Gasteiger charge is 2.01. The van der Waals surface area contributed by atoms with Crippen LogP contribution < -0.4 is 0 Å². The molecule has 18 heavy (non-hydrogen) atoms. The molecule has 0 aromatic heterocycles. The first kappa shape index (κ1) is 12.3. The lowest BCUT2D eigenvalue weighted by Crippen LogP contribution is -1.88. The number of aromatic hydroxyl groups is 1. The largest absolute Gasteiger partial charge is 0.508 e. The zero-order chi connectivity index (χ0) is 13.0. The van der Waals surface area contributed by atoms with Crippen LogP contribution in [-0.4, -0.2) is 5.11 Å². The molecule has 0 atom stereocenters. The van der Waals surface area contributed by atoms with Gasteiger partial charge in [-0.25, -0.2) is 0 Å². The fraction of sp³-hybridized carbons (Fsp3) is 0.0667. The van der Waals surface area contributed by atoms with Crippen LogP contribution in [0.4, 0.5) is 8.78 Å². The van der Waals surface area contributed by atoms with Crippen LogP contribution in [0.15, 0.2) is 54.6 Å². The summed E-state index contributed by atoms with van der Waals surface area (Å²) in [4.78, 5) is 0. The topological polar surface area (TPSA) is 20.2 Å². The van der Waals surface area contributed by atoms with Crippen LogP contribution in [0.2, 0.25) is 0 Å². The minimum absolute atomic E-state index is 0.247. The fourth-order valence-electron chi connectivity index (χ4n) is 1.74. The monoisotopic (exact) mass is 246 g/mol. The molecule has 0 aliphatic rings. The number of rotatable bonds is 3. The van der Waals surface area contributed by atoms with E-state index in [2.05, 4.69) is 0 Å². The van der Waals surface area contributed by atoms with Crippen molar-refractivity contribution in [2.45, 2.75) is 6.42 Å². The number of para-hydroxylation sites is 1. The number of phenolic OH excluding ortho intramolecular Hbond substituents is 1. The molecule has 0 spiro atoms. The summed E-state index contributed by atoms with van der Waals surface area (Å²) in [7, 11) is 0. The smallest absolute Gasteiger partial charge is 0.270 e. The zero-order valence-electron chi connectivity index (χ0n) is 9.61. The molecule has 0 saturated heterocycles. The molecule has 0 saturated carbocycles. The maximum absolute atomic E-state index is 12.0. The molecule has 1 nitrogen and oxygen atoms in total. The second-order valence-corrected chi connectivity index (χ2v) is 3.98. The van der Waals surface area contributed by atoms with Gasteiger partial charge in [-0.05, 0) is 22.8 Å². The maximum atomic E-state index is 12.0. The molecule has 0 fully saturated rings. The lowest BCUT2D eigenvalue weighted by Gasteiger charge is -2.04. The maximum Gasteiger partial charge on any atom is 0.270 e. The number of benzene rings is 2. The van der Waals surface area contributed by atoms with Gasteiger partial charge in [-0.15, -0.1) is 0 Å². The molecule has 0 heterocycles. The number of phenols is 1. The van der Waals surface area contributed by atoms with Crippen LogP contribution in [0.25, 0.3) is 6.08 Å². The zero-order valence-corrected chi connectivity index (χ0v) is 9.61. The van der Waals surface area contributed by atoms with Gasteiger partial charge in [0.2, 0.25) is 0 Å². The number of halogens is 2. The standard InChI is InChI=1S/C15H12F2O/c16-15(17)10-12-7-5-11(6-8-12)9-13-3-1-2-4-14(13)18/h1-8,10,18H,9H2. The summed E-state index contributed by atoms with van der Waals surface area (Å²) in [6, 6.07) is 13.9. The van der Waals surface area contributed by atoms with Crippen molar-refractivity contribution in [3.05, 3.63) is 71.3 Å². The van der Waals surface area contributed by atoms with Gasteiger partial charge < -0.3 is 5.11 Å². The van der Waals surface area contributed by atoms with E-state index in [0.717, 1.165) is 17.2 Å². The molecule has 1 N–H and O–H groups in total. The van der Waals surface area contributed by atoms with Gasteiger partial charge in [0.05, 0.1) is 0 Å². The average Bonchev–Trinajstić information content (AvgIpc) is 2.34. The van der Waals surface area contributed by atoms with Gasteiger partial charge in [0.1, 0.15) is 5.75 Å². The van der Waals surface area contributed by atoms with E-state index in [0.29, 0.717) is 12.0 Å².